The van der Waals surface area contributed by atoms with Crippen molar-refractivity contribution in [3.05, 3.63) is 30.6 Å². The quantitative estimate of drug-likeness (QED) is 0.885. The predicted molar refractivity (Wildman–Crippen MR) is 78.2 cm³/mol. The van der Waals surface area contributed by atoms with Gasteiger partial charge in [0.25, 0.3) is 0 Å². The minimum absolute atomic E-state index is 0.358. The average Bonchev–Trinajstić information content (AvgIpc) is 2.46. The minimum Gasteiger partial charge on any atom is -0.369 e. The van der Waals surface area contributed by atoms with Crippen LogP contribution >= 0.6 is 0 Å². The van der Waals surface area contributed by atoms with E-state index in [1.807, 2.05) is 18.2 Å². The molecule has 1 fully saturated rings. The highest BCUT2D eigenvalue weighted by atomic mass is 15.0. The highest BCUT2D eigenvalue weighted by Crippen LogP contribution is 2.29. The SMILES string of the molecule is CC1(CNc2ncnc3ccccc23)CCNCC1. The van der Waals surface area contributed by atoms with Crippen LogP contribution < -0.4 is 10.6 Å². The summed E-state index contributed by atoms with van der Waals surface area (Å²) in [6.45, 7) is 5.55. The van der Waals surface area contributed by atoms with Gasteiger partial charge in [-0.05, 0) is 43.5 Å². The van der Waals surface area contributed by atoms with Crippen LogP contribution in [-0.4, -0.2) is 29.6 Å². The number of hydrogen-bond acceptors (Lipinski definition) is 4. The third-order valence-corrected chi connectivity index (χ3v) is 4.04. The van der Waals surface area contributed by atoms with Gasteiger partial charge in [-0.1, -0.05) is 19.1 Å². The maximum atomic E-state index is 4.38. The van der Waals surface area contributed by atoms with E-state index in [0.29, 0.717) is 5.41 Å². The van der Waals surface area contributed by atoms with Crippen molar-refractivity contribution in [1.29, 1.82) is 0 Å². The van der Waals surface area contributed by atoms with Crippen molar-refractivity contribution >= 4 is 16.7 Å². The minimum atomic E-state index is 0.358. The lowest BCUT2D eigenvalue weighted by Crippen LogP contribution is -2.39. The van der Waals surface area contributed by atoms with Crippen LogP contribution in [0.4, 0.5) is 5.82 Å². The maximum Gasteiger partial charge on any atom is 0.137 e. The lowest BCUT2D eigenvalue weighted by molar-refractivity contribution is 0.247. The molecule has 4 nitrogen and oxygen atoms in total. The van der Waals surface area contributed by atoms with Gasteiger partial charge in [0.1, 0.15) is 12.1 Å². The molecule has 0 unspecified atom stereocenters. The lowest BCUT2D eigenvalue weighted by Gasteiger charge is -2.34. The fourth-order valence-corrected chi connectivity index (χ4v) is 2.65. The molecule has 0 radical (unpaired) electrons. The van der Waals surface area contributed by atoms with Gasteiger partial charge in [-0.25, -0.2) is 9.97 Å². The number of hydrogen-bond donors (Lipinski definition) is 2. The van der Waals surface area contributed by atoms with Crippen molar-refractivity contribution in [1.82, 2.24) is 15.3 Å². The smallest absolute Gasteiger partial charge is 0.137 e. The normalized spacial score (nSPS) is 18.4. The first-order chi connectivity index (χ1) is 9.27. The van der Waals surface area contributed by atoms with E-state index in [2.05, 4.69) is 33.6 Å². The van der Waals surface area contributed by atoms with E-state index in [9.17, 15) is 0 Å². The Morgan fingerprint density at radius 2 is 2.00 bits per heavy atom. The van der Waals surface area contributed by atoms with Crippen LogP contribution in [0.25, 0.3) is 10.9 Å². The lowest BCUT2D eigenvalue weighted by atomic mass is 9.81. The number of aromatic nitrogens is 2. The summed E-state index contributed by atoms with van der Waals surface area (Å²) in [4.78, 5) is 8.68. The average molecular weight is 256 g/mol. The summed E-state index contributed by atoms with van der Waals surface area (Å²) in [6, 6.07) is 8.13. The Kier molecular flexibility index (Phi) is 3.34. The van der Waals surface area contributed by atoms with Crippen LogP contribution in [0.15, 0.2) is 30.6 Å². The van der Waals surface area contributed by atoms with Crippen LogP contribution in [0.1, 0.15) is 19.8 Å². The molecule has 0 amide bonds. The zero-order valence-electron chi connectivity index (χ0n) is 11.3. The first-order valence-corrected chi connectivity index (χ1v) is 6.91. The van der Waals surface area contributed by atoms with Gasteiger partial charge in [-0.15, -0.1) is 0 Å². The Morgan fingerprint density at radius 1 is 1.21 bits per heavy atom. The highest BCUT2D eigenvalue weighted by Gasteiger charge is 2.26. The summed E-state index contributed by atoms with van der Waals surface area (Å²) < 4.78 is 0. The molecule has 1 saturated heterocycles. The van der Waals surface area contributed by atoms with E-state index in [1.54, 1.807) is 6.33 Å². The predicted octanol–water partition coefficient (Wildman–Crippen LogP) is 2.43. The molecule has 1 aromatic heterocycles. The summed E-state index contributed by atoms with van der Waals surface area (Å²) in [5, 5.41) is 8.03. The first kappa shape index (κ1) is 12.4. The molecule has 3 rings (SSSR count). The van der Waals surface area contributed by atoms with Crippen molar-refractivity contribution < 1.29 is 0 Å². The van der Waals surface area contributed by atoms with E-state index in [1.165, 1.54) is 12.8 Å². The van der Waals surface area contributed by atoms with E-state index in [0.717, 1.165) is 36.4 Å². The molecule has 2 heterocycles. The second kappa shape index (κ2) is 5.13. The molecule has 0 saturated carbocycles. The van der Waals surface area contributed by atoms with Crippen LogP contribution in [-0.2, 0) is 0 Å². The fourth-order valence-electron chi connectivity index (χ4n) is 2.65. The second-order valence-electron chi connectivity index (χ2n) is 5.65. The van der Waals surface area contributed by atoms with E-state index < -0.39 is 0 Å². The third kappa shape index (κ3) is 2.68. The van der Waals surface area contributed by atoms with Crippen LogP contribution in [0.2, 0.25) is 0 Å². The molecule has 1 aliphatic heterocycles. The molecular weight excluding hydrogens is 236 g/mol. The number of nitrogens with one attached hydrogen (secondary N) is 2. The fraction of sp³-hybridized carbons (Fsp3) is 0.467. The van der Waals surface area contributed by atoms with E-state index >= 15 is 0 Å². The van der Waals surface area contributed by atoms with Gasteiger partial charge in [0.15, 0.2) is 0 Å². The number of fused-ring (bicyclic) bond motifs is 1. The molecule has 4 heteroatoms. The van der Waals surface area contributed by atoms with Crippen molar-refractivity contribution in [2.24, 2.45) is 5.41 Å². The molecule has 1 aliphatic rings. The molecular formula is C15H20N4. The summed E-state index contributed by atoms with van der Waals surface area (Å²) in [5.41, 5.74) is 1.35. The first-order valence-electron chi connectivity index (χ1n) is 6.91. The summed E-state index contributed by atoms with van der Waals surface area (Å²) >= 11 is 0. The van der Waals surface area contributed by atoms with Gasteiger partial charge in [0.05, 0.1) is 5.52 Å². The monoisotopic (exact) mass is 256 g/mol. The molecule has 0 atom stereocenters. The van der Waals surface area contributed by atoms with Gasteiger partial charge < -0.3 is 10.6 Å². The summed E-state index contributed by atoms with van der Waals surface area (Å²) in [6.07, 6.45) is 4.06. The topological polar surface area (TPSA) is 49.8 Å². The number of nitrogens with zero attached hydrogens (tertiary/aromatic N) is 2. The Labute approximate surface area is 113 Å². The summed E-state index contributed by atoms with van der Waals surface area (Å²) in [5.74, 6) is 0.949. The third-order valence-electron chi connectivity index (χ3n) is 4.04. The maximum absolute atomic E-state index is 4.38. The number of benzene rings is 1. The Morgan fingerprint density at radius 3 is 2.84 bits per heavy atom. The van der Waals surface area contributed by atoms with Crippen LogP contribution in [0, 0.1) is 5.41 Å². The van der Waals surface area contributed by atoms with Crippen molar-refractivity contribution in [2.45, 2.75) is 19.8 Å². The van der Waals surface area contributed by atoms with Gasteiger partial charge >= 0.3 is 0 Å². The van der Waals surface area contributed by atoms with Crippen LogP contribution in [0.3, 0.4) is 0 Å². The number of piperidine rings is 1. The summed E-state index contributed by atoms with van der Waals surface area (Å²) in [7, 11) is 0. The molecule has 2 N–H and O–H groups in total. The zero-order valence-corrected chi connectivity index (χ0v) is 11.3. The molecule has 1 aromatic carbocycles. The number of para-hydroxylation sites is 1. The standard InChI is InChI=1S/C15H20N4/c1-15(6-8-16-9-7-15)10-17-14-12-4-2-3-5-13(12)18-11-19-14/h2-5,11,16H,6-10H2,1H3,(H,17,18,19). The van der Waals surface area contributed by atoms with E-state index in [4.69, 9.17) is 0 Å². The molecule has 0 bridgehead atoms. The largest absolute Gasteiger partial charge is 0.369 e. The van der Waals surface area contributed by atoms with E-state index in [-0.39, 0.29) is 0 Å². The van der Waals surface area contributed by atoms with Gasteiger partial charge in [0, 0.05) is 11.9 Å². The molecule has 100 valence electrons. The van der Waals surface area contributed by atoms with Gasteiger partial charge in [0.2, 0.25) is 0 Å². The molecule has 0 aliphatic carbocycles. The molecule has 0 spiro atoms. The van der Waals surface area contributed by atoms with Gasteiger partial charge in [-0.2, -0.15) is 0 Å². The van der Waals surface area contributed by atoms with Crippen molar-refractivity contribution in [3.63, 3.8) is 0 Å². The molecule has 19 heavy (non-hydrogen) atoms. The number of rotatable bonds is 3. The van der Waals surface area contributed by atoms with Gasteiger partial charge in [-0.3, -0.25) is 0 Å². The van der Waals surface area contributed by atoms with Crippen molar-refractivity contribution in [2.75, 3.05) is 25.0 Å². The number of anilines is 1. The van der Waals surface area contributed by atoms with Crippen LogP contribution in [0.5, 0.6) is 0 Å². The highest BCUT2D eigenvalue weighted by molar-refractivity contribution is 5.88. The second-order valence-corrected chi connectivity index (χ2v) is 5.65. The van der Waals surface area contributed by atoms with Crippen molar-refractivity contribution in [3.8, 4) is 0 Å². The molecule has 2 aromatic rings. The zero-order chi connectivity index (χ0) is 13.1. The Balaban J connectivity index is 1.78. The Hall–Kier alpha value is -1.68. The Bertz CT molecular complexity index is 556.